The standard InChI is InChI=1S/C18H19BrN2O3/c1-12-11-14(19)5-8-16(12)21-18(23)17(22)20-10-9-13-3-6-15(24-2)7-4-13/h3-8,11H,9-10H2,1-2H3,(H,20,22)(H,21,23). The molecule has 0 saturated carbocycles. The molecule has 2 aromatic rings. The second-order valence-corrected chi connectivity index (χ2v) is 6.18. The topological polar surface area (TPSA) is 67.4 Å². The van der Waals surface area contributed by atoms with Crippen molar-refractivity contribution in [2.24, 2.45) is 0 Å². The Bertz CT molecular complexity index is 730. The number of hydrogen-bond acceptors (Lipinski definition) is 3. The highest BCUT2D eigenvalue weighted by Gasteiger charge is 2.14. The van der Waals surface area contributed by atoms with Gasteiger partial charge in [-0.05, 0) is 54.8 Å². The summed E-state index contributed by atoms with van der Waals surface area (Å²) in [5.41, 5.74) is 2.55. The Morgan fingerprint density at radius 1 is 1.08 bits per heavy atom. The fraction of sp³-hybridized carbons (Fsp3) is 0.222. The third-order valence-electron chi connectivity index (χ3n) is 3.50. The molecule has 0 radical (unpaired) electrons. The van der Waals surface area contributed by atoms with E-state index in [1.807, 2.05) is 43.3 Å². The molecule has 2 aromatic carbocycles. The lowest BCUT2D eigenvalue weighted by atomic mass is 10.1. The van der Waals surface area contributed by atoms with Crippen LogP contribution in [-0.2, 0) is 16.0 Å². The van der Waals surface area contributed by atoms with Crippen molar-refractivity contribution in [1.29, 1.82) is 0 Å². The molecule has 126 valence electrons. The lowest BCUT2D eigenvalue weighted by molar-refractivity contribution is -0.136. The highest BCUT2D eigenvalue weighted by molar-refractivity contribution is 9.10. The zero-order chi connectivity index (χ0) is 17.5. The first-order valence-corrected chi connectivity index (χ1v) is 8.27. The monoisotopic (exact) mass is 390 g/mol. The summed E-state index contributed by atoms with van der Waals surface area (Å²) in [5, 5.41) is 5.23. The third-order valence-corrected chi connectivity index (χ3v) is 3.99. The first-order chi connectivity index (χ1) is 11.5. The van der Waals surface area contributed by atoms with Crippen LogP contribution in [0, 0.1) is 6.92 Å². The smallest absolute Gasteiger partial charge is 0.313 e. The van der Waals surface area contributed by atoms with Gasteiger partial charge < -0.3 is 15.4 Å². The zero-order valence-electron chi connectivity index (χ0n) is 13.6. The van der Waals surface area contributed by atoms with E-state index >= 15 is 0 Å². The van der Waals surface area contributed by atoms with Crippen LogP contribution >= 0.6 is 15.9 Å². The van der Waals surface area contributed by atoms with Crippen LogP contribution in [-0.4, -0.2) is 25.5 Å². The summed E-state index contributed by atoms with van der Waals surface area (Å²) in [7, 11) is 1.61. The number of carbonyl (C=O) groups excluding carboxylic acids is 2. The van der Waals surface area contributed by atoms with Crippen molar-refractivity contribution < 1.29 is 14.3 Å². The number of methoxy groups -OCH3 is 1. The fourth-order valence-electron chi connectivity index (χ4n) is 2.14. The van der Waals surface area contributed by atoms with Crippen LogP contribution < -0.4 is 15.4 Å². The van der Waals surface area contributed by atoms with Crippen LogP contribution in [0.4, 0.5) is 5.69 Å². The normalized spacial score (nSPS) is 10.1. The van der Waals surface area contributed by atoms with Gasteiger partial charge in [0, 0.05) is 16.7 Å². The fourth-order valence-corrected chi connectivity index (χ4v) is 2.61. The van der Waals surface area contributed by atoms with E-state index in [1.54, 1.807) is 13.2 Å². The molecule has 0 aliphatic rings. The highest BCUT2D eigenvalue weighted by atomic mass is 79.9. The number of rotatable bonds is 5. The van der Waals surface area contributed by atoms with Crippen molar-refractivity contribution in [1.82, 2.24) is 5.32 Å². The molecule has 2 amide bonds. The van der Waals surface area contributed by atoms with Gasteiger partial charge in [0.15, 0.2) is 0 Å². The predicted octanol–water partition coefficient (Wildman–Crippen LogP) is 3.06. The Kier molecular flexibility index (Phi) is 6.37. The van der Waals surface area contributed by atoms with Crippen LogP contribution in [0.3, 0.4) is 0 Å². The molecule has 0 bridgehead atoms. The number of aryl methyl sites for hydroxylation is 1. The second kappa shape index (κ2) is 8.49. The molecule has 0 saturated heterocycles. The number of hydrogen-bond donors (Lipinski definition) is 2. The Balaban J connectivity index is 1.81. The maximum atomic E-state index is 11.9. The zero-order valence-corrected chi connectivity index (χ0v) is 15.1. The van der Waals surface area contributed by atoms with Gasteiger partial charge in [0.2, 0.25) is 0 Å². The molecule has 0 heterocycles. The first kappa shape index (κ1) is 18.0. The maximum Gasteiger partial charge on any atom is 0.313 e. The summed E-state index contributed by atoms with van der Waals surface area (Å²) in [5.74, 6) is -0.534. The molecule has 0 spiro atoms. The van der Waals surface area contributed by atoms with Gasteiger partial charge in [-0.1, -0.05) is 28.1 Å². The number of benzene rings is 2. The van der Waals surface area contributed by atoms with E-state index in [0.717, 1.165) is 21.3 Å². The summed E-state index contributed by atoms with van der Waals surface area (Å²) < 4.78 is 6.01. The van der Waals surface area contributed by atoms with Gasteiger partial charge in [-0.15, -0.1) is 0 Å². The molecule has 0 fully saturated rings. The number of halogens is 1. The minimum absolute atomic E-state index is 0.387. The molecule has 2 N–H and O–H groups in total. The van der Waals surface area contributed by atoms with Crippen LogP contribution in [0.25, 0.3) is 0 Å². The number of ether oxygens (including phenoxy) is 1. The van der Waals surface area contributed by atoms with Crippen molar-refractivity contribution in [2.75, 3.05) is 19.0 Å². The van der Waals surface area contributed by atoms with Crippen LogP contribution in [0.15, 0.2) is 46.9 Å². The van der Waals surface area contributed by atoms with Crippen molar-refractivity contribution >= 4 is 33.4 Å². The van der Waals surface area contributed by atoms with E-state index in [4.69, 9.17) is 4.74 Å². The van der Waals surface area contributed by atoms with Gasteiger partial charge in [-0.2, -0.15) is 0 Å². The molecule has 0 atom stereocenters. The number of anilines is 1. The second-order valence-electron chi connectivity index (χ2n) is 5.27. The highest BCUT2D eigenvalue weighted by Crippen LogP contribution is 2.19. The van der Waals surface area contributed by atoms with E-state index in [2.05, 4.69) is 26.6 Å². The van der Waals surface area contributed by atoms with E-state index in [-0.39, 0.29) is 0 Å². The van der Waals surface area contributed by atoms with Crippen molar-refractivity contribution in [2.45, 2.75) is 13.3 Å². The largest absolute Gasteiger partial charge is 0.497 e. The van der Waals surface area contributed by atoms with Crippen molar-refractivity contribution in [3.8, 4) is 5.75 Å². The first-order valence-electron chi connectivity index (χ1n) is 7.48. The molecule has 0 aliphatic carbocycles. The summed E-state index contributed by atoms with van der Waals surface area (Å²) >= 11 is 3.36. The molecule has 5 nitrogen and oxygen atoms in total. The summed E-state index contributed by atoms with van der Waals surface area (Å²) in [6, 6.07) is 13.0. The summed E-state index contributed by atoms with van der Waals surface area (Å²) in [4.78, 5) is 23.8. The maximum absolute atomic E-state index is 11.9. The molecule has 0 aromatic heterocycles. The van der Waals surface area contributed by atoms with Crippen LogP contribution in [0.1, 0.15) is 11.1 Å². The van der Waals surface area contributed by atoms with Gasteiger partial charge >= 0.3 is 11.8 Å². The van der Waals surface area contributed by atoms with Crippen LogP contribution in [0.2, 0.25) is 0 Å². The molecular formula is C18H19BrN2O3. The van der Waals surface area contributed by atoms with Gasteiger partial charge in [0.25, 0.3) is 0 Å². The van der Waals surface area contributed by atoms with E-state index in [9.17, 15) is 9.59 Å². The van der Waals surface area contributed by atoms with Gasteiger partial charge in [0.05, 0.1) is 7.11 Å². The quantitative estimate of drug-likeness (QED) is 0.770. The van der Waals surface area contributed by atoms with E-state index in [1.165, 1.54) is 0 Å². The van der Waals surface area contributed by atoms with Gasteiger partial charge in [-0.25, -0.2) is 0 Å². The Morgan fingerprint density at radius 2 is 1.79 bits per heavy atom. The molecule has 24 heavy (non-hydrogen) atoms. The Morgan fingerprint density at radius 3 is 2.42 bits per heavy atom. The molecule has 2 rings (SSSR count). The van der Waals surface area contributed by atoms with Crippen molar-refractivity contribution in [3.63, 3.8) is 0 Å². The Hall–Kier alpha value is -2.34. The average Bonchev–Trinajstić information content (AvgIpc) is 2.57. The van der Waals surface area contributed by atoms with Crippen molar-refractivity contribution in [3.05, 3.63) is 58.1 Å². The third kappa shape index (κ3) is 5.09. The van der Waals surface area contributed by atoms with Gasteiger partial charge in [0.1, 0.15) is 5.75 Å². The van der Waals surface area contributed by atoms with E-state index < -0.39 is 11.8 Å². The molecule has 0 aliphatic heterocycles. The lowest BCUT2D eigenvalue weighted by Gasteiger charge is -2.09. The molecular weight excluding hydrogens is 372 g/mol. The minimum Gasteiger partial charge on any atom is -0.497 e. The summed E-state index contributed by atoms with van der Waals surface area (Å²) in [6.07, 6.45) is 0.639. The SMILES string of the molecule is COc1ccc(CCNC(=O)C(=O)Nc2ccc(Br)cc2C)cc1. The van der Waals surface area contributed by atoms with Gasteiger partial charge in [-0.3, -0.25) is 9.59 Å². The minimum atomic E-state index is -0.671. The summed E-state index contributed by atoms with van der Waals surface area (Å²) in [6.45, 7) is 2.25. The number of amides is 2. The predicted molar refractivity (Wildman–Crippen MR) is 97.2 cm³/mol. The number of carbonyl (C=O) groups is 2. The lowest BCUT2D eigenvalue weighted by Crippen LogP contribution is -2.36. The molecule has 0 unspecified atom stereocenters. The number of nitrogens with one attached hydrogen (secondary N) is 2. The van der Waals surface area contributed by atoms with E-state index in [0.29, 0.717) is 18.7 Å². The average molecular weight is 391 g/mol. The Labute approximate surface area is 149 Å². The van der Waals surface area contributed by atoms with Crippen LogP contribution in [0.5, 0.6) is 5.75 Å². The molecule has 6 heteroatoms.